The largest absolute Gasteiger partial charge is 0.282 e. The van der Waals surface area contributed by atoms with Crippen molar-refractivity contribution < 1.29 is 0 Å². The topological polar surface area (TPSA) is 41.6 Å². The number of aromatic nitrogens is 3. The van der Waals surface area contributed by atoms with E-state index in [-0.39, 0.29) is 5.41 Å². The number of rotatable bonds is 4. The number of nitrogens with one attached hydrogen (secondary N) is 1. The van der Waals surface area contributed by atoms with E-state index < -0.39 is 0 Å². The van der Waals surface area contributed by atoms with Crippen LogP contribution in [0.25, 0.3) is 0 Å². The molecular formula is C14H19N3. The minimum absolute atomic E-state index is 0.103. The minimum atomic E-state index is 0.103. The molecular weight excluding hydrogens is 210 g/mol. The SMILES string of the molecule is CC(CC(C)(C)c1ccn[nH]1)c1cccnc1. The van der Waals surface area contributed by atoms with E-state index in [0.717, 1.165) is 6.42 Å². The van der Waals surface area contributed by atoms with E-state index in [9.17, 15) is 0 Å². The zero-order chi connectivity index (χ0) is 12.3. The van der Waals surface area contributed by atoms with Gasteiger partial charge in [-0.2, -0.15) is 5.10 Å². The molecule has 1 unspecified atom stereocenters. The van der Waals surface area contributed by atoms with Crippen molar-refractivity contribution in [2.75, 3.05) is 0 Å². The third-order valence-electron chi connectivity index (χ3n) is 3.30. The van der Waals surface area contributed by atoms with Crippen LogP contribution in [0.15, 0.2) is 36.8 Å². The Labute approximate surface area is 102 Å². The maximum absolute atomic E-state index is 4.18. The predicted octanol–water partition coefficient (Wildman–Crippen LogP) is 3.28. The molecule has 0 spiro atoms. The molecule has 0 aliphatic heterocycles. The van der Waals surface area contributed by atoms with Gasteiger partial charge in [-0.25, -0.2) is 0 Å². The summed E-state index contributed by atoms with van der Waals surface area (Å²) in [5.41, 5.74) is 2.58. The first-order valence-corrected chi connectivity index (χ1v) is 5.99. The van der Waals surface area contributed by atoms with Gasteiger partial charge in [-0.1, -0.05) is 26.8 Å². The number of pyridine rings is 1. The number of hydrogen-bond acceptors (Lipinski definition) is 2. The zero-order valence-electron chi connectivity index (χ0n) is 10.6. The third kappa shape index (κ3) is 2.73. The van der Waals surface area contributed by atoms with Crippen molar-refractivity contribution in [2.45, 2.75) is 38.5 Å². The Bertz CT molecular complexity index is 446. The summed E-state index contributed by atoms with van der Waals surface area (Å²) < 4.78 is 0. The summed E-state index contributed by atoms with van der Waals surface area (Å²) in [7, 11) is 0. The van der Waals surface area contributed by atoms with Crippen LogP contribution in [0, 0.1) is 0 Å². The van der Waals surface area contributed by atoms with E-state index in [0.29, 0.717) is 5.92 Å². The highest BCUT2D eigenvalue weighted by Gasteiger charge is 2.25. The van der Waals surface area contributed by atoms with Gasteiger partial charge in [0, 0.05) is 29.7 Å². The molecule has 0 aliphatic carbocycles. The van der Waals surface area contributed by atoms with Crippen LogP contribution >= 0.6 is 0 Å². The number of nitrogens with zero attached hydrogens (tertiary/aromatic N) is 2. The Kier molecular flexibility index (Phi) is 3.27. The van der Waals surface area contributed by atoms with Gasteiger partial charge in [0.15, 0.2) is 0 Å². The average molecular weight is 229 g/mol. The molecule has 3 heteroatoms. The molecule has 2 aromatic rings. The highest BCUT2D eigenvalue weighted by molar-refractivity contribution is 5.18. The molecule has 0 fully saturated rings. The molecule has 1 atom stereocenters. The summed E-state index contributed by atoms with van der Waals surface area (Å²) in [6, 6.07) is 6.19. The molecule has 2 heterocycles. The summed E-state index contributed by atoms with van der Waals surface area (Å²) in [5, 5.41) is 7.10. The van der Waals surface area contributed by atoms with Crippen LogP contribution in [-0.4, -0.2) is 15.2 Å². The Hall–Kier alpha value is -1.64. The summed E-state index contributed by atoms with van der Waals surface area (Å²) in [5.74, 6) is 0.488. The van der Waals surface area contributed by atoms with Gasteiger partial charge in [-0.05, 0) is 30.0 Å². The van der Waals surface area contributed by atoms with Crippen molar-refractivity contribution in [2.24, 2.45) is 0 Å². The predicted molar refractivity (Wildman–Crippen MR) is 68.9 cm³/mol. The molecule has 2 aromatic heterocycles. The van der Waals surface area contributed by atoms with E-state index in [4.69, 9.17) is 0 Å². The molecule has 90 valence electrons. The summed E-state index contributed by atoms with van der Waals surface area (Å²) in [4.78, 5) is 4.18. The van der Waals surface area contributed by atoms with Crippen molar-refractivity contribution in [1.29, 1.82) is 0 Å². The van der Waals surface area contributed by atoms with Gasteiger partial charge in [0.05, 0.1) is 0 Å². The monoisotopic (exact) mass is 229 g/mol. The van der Waals surface area contributed by atoms with Gasteiger partial charge in [0.2, 0.25) is 0 Å². The van der Waals surface area contributed by atoms with Crippen molar-refractivity contribution in [3.8, 4) is 0 Å². The fraction of sp³-hybridized carbons (Fsp3) is 0.429. The Morgan fingerprint density at radius 1 is 1.29 bits per heavy atom. The van der Waals surface area contributed by atoms with E-state index in [2.05, 4.69) is 48.1 Å². The van der Waals surface area contributed by atoms with Gasteiger partial charge in [-0.3, -0.25) is 10.1 Å². The molecule has 0 amide bonds. The normalized spacial score (nSPS) is 13.6. The Balaban J connectivity index is 2.11. The molecule has 0 saturated heterocycles. The van der Waals surface area contributed by atoms with Crippen LogP contribution in [0.2, 0.25) is 0 Å². The van der Waals surface area contributed by atoms with Crippen LogP contribution < -0.4 is 0 Å². The maximum atomic E-state index is 4.18. The average Bonchev–Trinajstić information content (AvgIpc) is 2.84. The summed E-state index contributed by atoms with van der Waals surface area (Å²) >= 11 is 0. The van der Waals surface area contributed by atoms with Crippen LogP contribution in [0.1, 0.15) is 44.4 Å². The fourth-order valence-electron chi connectivity index (χ4n) is 2.29. The first kappa shape index (κ1) is 11.8. The second-order valence-corrected chi connectivity index (χ2v) is 5.25. The highest BCUT2D eigenvalue weighted by atomic mass is 15.1. The molecule has 3 nitrogen and oxygen atoms in total. The van der Waals surface area contributed by atoms with Gasteiger partial charge in [-0.15, -0.1) is 0 Å². The second kappa shape index (κ2) is 4.70. The lowest BCUT2D eigenvalue weighted by Gasteiger charge is -2.26. The van der Waals surface area contributed by atoms with E-state index in [1.165, 1.54) is 11.3 Å². The van der Waals surface area contributed by atoms with Crippen LogP contribution in [-0.2, 0) is 5.41 Å². The lowest BCUT2D eigenvalue weighted by atomic mass is 9.79. The number of hydrogen-bond donors (Lipinski definition) is 1. The lowest BCUT2D eigenvalue weighted by Crippen LogP contribution is -2.20. The molecule has 2 rings (SSSR count). The lowest BCUT2D eigenvalue weighted by molar-refractivity contribution is 0.426. The quantitative estimate of drug-likeness (QED) is 0.874. The van der Waals surface area contributed by atoms with Gasteiger partial charge >= 0.3 is 0 Å². The minimum Gasteiger partial charge on any atom is -0.282 e. The van der Waals surface area contributed by atoms with Crippen molar-refractivity contribution in [3.05, 3.63) is 48.0 Å². The Morgan fingerprint density at radius 3 is 2.71 bits per heavy atom. The van der Waals surface area contributed by atoms with Crippen LogP contribution in [0.5, 0.6) is 0 Å². The standard InChI is InChI=1S/C14H19N3/c1-11(12-5-4-7-15-10-12)9-14(2,3)13-6-8-16-17-13/h4-8,10-11H,9H2,1-3H3,(H,16,17). The van der Waals surface area contributed by atoms with Gasteiger partial charge in [0.1, 0.15) is 0 Å². The van der Waals surface area contributed by atoms with E-state index in [1.54, 1.807) is 0 Å². The number of aromatic amines is 1. The van der Waals surface area contributed by atoms with E-state index >= 15 is 0 Å². The Morgan fingerprint density at radius 2 is 2.12 bits per heavy atom. The fourth-order valence-corrected chi connectivity index (χ4v) is 2.29. The number of H-pyrrole nitrogens is 1. The molecule has 0 aromatic carbocycles. The molecule has 0 bridgehead atoms. The van der Waals surface area contributed by atoms with Crippen LogP contribution in [0.4, 0.5) is 0 Å². The van der Waals surface area contributed by atoms with Crippen LogP contribution in [0.3, 0.4) is 0 Å². The summed E-state index contributed by atoms with van der Waals surface area (Å²) in [6.45, 7) is 6.73. The third-order valence-corrected chi connectivity index (χ3v) is 3.30. The smallest absolute Gasteiger partial charge is 0.0490 e. The summed E-state index contributed by atoms with van der Waals surface area (Å²) in [6.07, 6.45) is 6.65. The van der Waals surface area contributed by atoms with Gasteiger partial charge < -0.3 is 0 Å². The van der Waals surface area contributed by atoms with Crippen molar-refractivity contribution >= 4 is 0 Å². The molecule has 0 saturated carbocycles. The van der Waals surface area contributed by atoms with Crippen molar-refractivity contribution in [1.82, 2.24) is 15.2 Å². The first-order chi connectivity index (χ1) is 8.09. The molecule has 1 N–H and O–H groups in total. The highest BCUT2D eigenvalue weighted by Crippen LogP contribution is 2.33. The maximum Gasteiger partial charge on any atom is 0.0490 e. The molecule has 0 aliphatic rings. The van der Waals surface area contributed by atoms with Gasteiger partial charge in [0.25, 0.3) is 0 Å². The molecule has 17 heavy (non-hydrogen) atoms. The molecule has 0 radical (unpaired) electrons. The zero-order valence-corrected chi connectivity index (χ0v) is 10.6. The second-order valence-electron chi connectivity index (χ2n) is 5.25. The first-order valence-electron chi connectivity index (χ1n) is 5.99. The van der Waals surface area contributed by atoms with Crippen molar-refractivity contribution in [3.63, 3.8) is 0 Å². The van der Waals surface area contributed by atoms with E-state index in [1.807, 2.05) is 24.7 Å².